The van der Waals surface area contributed by atoms with E-state index in [1.165, 1.54) is 12.8 Å². The van der Waals surface area contributed by atoms with E-state index in [1.54, 1.807) is 7.05 Å². The van der Waals surface area contributed by atoms with Gasteiger partial charge in [0.2, 0.25) is 10.0 Å². The molecule has 1 fully saturated rings. The number of nitrogens with one attached hydrogen (secondary N) is 3. The molecule has 0 heterocycles. The topological polar surface area (TPSA) is 82.6 Å². The highest BCUT2D eigenvalue weighted by Crippen LogP contribution is 2.17. The third-order valence-corrected chi connectivity index (χ3v) is 5.25. The Morgan fingerprint density at radius 2 is 1.91 bits per heavy atom. The lowest BCUT2D eigenvalue weighted by molar-refractivity contribution is 0.578. The Balaban J connectivity index is 1.70. The van der Waals surface area contributed by atoms with Crippen LogP contribution in [0.2, 0.25) is 0 Å². The Kier molecular flexibility index (Phi) is 6.85. The fourth-order valence-electron chi connectivity index (χ4n) is 2.62. The molecule has 0 atom stereocenters. The summed E-state index contributed by atoms with van der Waals surface area (Å²) in [5, 5.41) is 6.40. The highest BCUT2D eigenvalue weighted by molar-refractivity contribution is 7.89. The van der Waals surface area contributed by atoms with Crippen LogP contribution in [0.25, 0.3) is 0 Å². The van der Waals surface area contributed by atoms with Gasteiger partial charge in [0.1, 0.15) is 0 Å². The predicted octanol–water partition coefficient (Wildman–Crippen LogP) is 1.21. The third kappa shape index (κ3) is 6.58. The molecule has 0 aliphatic heterocycles. The number of sulfonamides is 1. The summed E-state index contributed by atoms with van der Waals surface area (Å²) in [5.41, 5.74) is 0.947. The molecule has 0 unspecified atom stereocenters. The van der Waals surface area contributed by atoms with Crippen LogP contribution in [-0.2, 0) is 16.6 Å². The molecule has 1 aliphatic rings. The third-order valence-electron chi connectivity index (χ3n) is 3.92. The smallest absolute Gasteiger partial charge is 0.213 e. The van der Waals surface area contributed by atoms with Gasteiger partial charge in [0.05, 0.1) is 5.75 Å². The lowest BCUT2D eigenvalue weighted by Crippen LogP contribution is -2.44. The average Bonchev–Trinajstić information content (AvgIpc) is 3.06. The van der Waals surface area contributed by atoms with E-state index < -0.39 is 10.0 Å². The van der Waals surface area contributed by atoms with Crippen LogP contribution in [0.4, 0.5) is 0 Å². The van der Waals surface area contributed by atoms with Crippen molar-refractivity contribution in [3.05, 3.63) is 35.9 Å². The minimum atomic E-state index is -3.31. The number of aliphatic imine (C=N–C) groups is 1. The molecule has 6 nitrogen and oxygen atoms in total. The van der Waals surface area contributed by atoms with Crippen molar-refractivity contribution < 1.29 is 8.42 Å². The molecule has 1 aliphatic carbocycles. The van der Waals surface area contributed by atoms with Crippen molar-refractivity contribution in [3.63, 3.8) is 0 Å². The zero-order chi connectivity index (χ0) is 16.5. The maximum absolute atomic E-state index is 12.0. The van der Waals surface area contributed by atoms with Crippen LogP contribution in [0.5, 0.6) is 0 Å². The standard InChI is InChI=1S/C16H26N4O2S/c1-17-16(20-15-9-5-6-10-15)18-11-12-23(21,22)19-13-14-7-3-2-4-8-14/h2-4,7-8,15,19H,5-6,9-13H2,1H3,(H2,17,18,20). The van der Waals surface area contributed by atoms with E-state index in [9.17, 15) is 8.42 Å². The Labute approximate surface area is 138 Å². The summed E-state index contributed by atoms with van der Waals surface area (Å²) in [7, 11) is -1.61. The summed E-state index contributed by atoms with van der Waals surface area (Å²) in [6.07, 6.45) is 4.79. The van der Waals surface area contributed by atoms with Crippen LogP contribution in [0.1, 0.15) is 31.2 Å². The van der Waals surface area contributed by atoms with Crippen LogP contribution in [0.3, 0.4) is 0 Å². The van der Waals surface area contributed by atoms with Crippen molar-refractivity contribution in [2.24, 2.45) is 4.99 Å². The van der Waals surface area contributed by atoms with Crippen molar-refractivity contribution in [1.82, 2.24) is 15.4 Å². The molecule has 0 spiro atoms. The number of rotatable bonds is 7. The fraction of sp³-hybridized carbons (Fsp3) is 0.562. The molecule has 0 amide bonds. The van der Waals surface area contributed by atoms with Crippen LogP contribution in [0, 0.1) is 0 Å². The summed E-state index contributed by atoms with van der Waals surface area (Å²) in [6.45, 7) is 0.648. The second kappa shape index (κ2) is 8.88. The van der Waals surface area contributed by atoms with Crippen LogP contribution < -0.4 is 15.4 Å². The fourth-order valence-corrected chi connectivity index (χ4v) is 3.52. The van der Waals surface area contributed by atoms with Gasteiger partial charge >= 0.3 is 0 Å². The maximum atomic E-state index is 12.0. The Morgan fingerprint density at radius 1 is 1.22 bits per heavy atom. The minimum absolute atomic E-state index is 0.0190. The predicted molar refractivity (Wildman–Crippen MR) is 93.8 cm³/mol. The van der Waals surface area contributed by atoms with E-state index in [-0.39, 0.29) is 5.75 Å². The van der Waals surface area contributed by atoms with Gasteiger partial charge in [-0.2, -0.15) is 0 Å². The van der Waals surface area contributed by atoms with E-state index in [0.717, 1.165) is 18.4 Å². The van der Waals surface area contributed by atoms with Crippen LogP contribution >= 0.6 is 0 Å². The molecule has 0 bridgehead atoms. The van der Waals surface area contributed by atoms with Gasteiger partial charge in [0, 0.05) is 26.2 Å². The highest BCUT2D eigenvalue weighted by Gasteiger charge is 2.16. The number of benzene rings is 1. The van der Waals surface area contributed by atoms with E-state index in [4.69, 9.17) is 0 Å². The molecule has 128 valence electrons. The second-order valence-electron chi connectivity index (χ2n) is 5.75. The lowest BCUT2D eigenvalue weighted by Gasteiger charge is -2.16. The van der Waals surface area contributed by atoms with Gasteiger partial charge in [-0.3, -0.25) is 4.99 Å². The molecule has 23 heavy (non-hydrogen) atoms. The van der Waals surface area contributed by atoms with Crippen LogP contribution in [0.15, 0.2) is 35.3 Å². The quantitative estimate of drug-likeness (QED) is 0.516. The molecule has 3 N–H and O–H groups in total. The molecule has 2 rings (SSSR count). The molecule has 1 aromatic carbocycles. The first-order valence-corrected chi connectivity index (χ1v) is 9.73. The Hall–Kier alpha value is -1.60. The molecule has 0 radical (unpaired) electrons. The van der Waals surface area contributed by atoms with Gasteiger partial charge in [0.15, 0.2) is 5.96 Å². The summed E-state index contributed by atoms with van der Waals surface area (Å²) in [6, 6.07) is 9.94. The van der Waals surface area contributed by atoms with E-state index in [1.807, 2.05) is 30.3 Å². The maximum Gasteiger partial charge on any atom is 0.213 e. The molecule has 1 saturated carbocycles. The normalized spacial score (nSPS) is 16.5. The van der Waals surface area contributed by atoms with Gasteiger partial charge in [-0.25, -0.2) is 13.1 Å². The number of guanidine groups is 1. The Bertz CT molecular complexity index is 596. The molecule has 1 aromatic rings. The SMILES string of the molecule is CN=C(NCCS(=O)(=O)NCc1ccccc1)NC1CCCC1. The largest absolute Gasteiger partial charge is 0.355 e. The first-order chi connectivity index (χ1) is 11.1. The average molecular weight is 338 g/mol. The summed E-state index contributed by atoms with van der Waals surface area (Å²) in [4.78, 5) is 4.14. The summed E-state index contributed by atoms with van der Waals surface area (Å²) < 4.78 is 26.6. The van der Waals surface area contributed by atoms with E-state index in [2.05, 4.69) is 20.3 Å². The highest BCUT2D eigenvalue weighted by atomic mass is 32.2. The van der Waals surface area contributed by atoms with Crippen molar-refractivity contribution in [2.75, 3.05) is 19.3 Å². The van der Waals surface area contributed by atoms with Crippen LogP contribution in [-0.4, -0.2) is 39.8 Å². The molecule has 7 heteroatoms. The van der Waals surface area contributed by atoms with Gasteiger partial charge < -0.3 is 10.6 Å². The summed E-state index contributed by atoms with van der Waals surface area (Å²) in [5.74, 6) is 0.695. The lowest BCUT2D eigenvalue weighted by atomic mass is 10.2. The summed E-state index contributed by atoms with van der Waals surface area (Å²) >= 11 is 0. The first kappa shape index (κ1) is 17.7. The minimum Gasteiger partial charge on any atom is -0.355 e. The monoisotopic (exact) mass is 338 g/mol. The zero-order valence-corrected chi connectivity index (χ0v) is 14.4. The number of hydrogen-bond acceptors (Lipinski definition) is 3. The molecular formula is C16H26N4O2S. The van der Waals surface area contributed by atoms with Crippen molar-refractivity contribution in [2.45, 2.75) is 38.3 Å². The number of hydrogen-bond donors (Lipinski definition) is 3. The van der Waals surface area contributed by atoms with E-state index in [0.29, 0.717) is 25.1 Å². The van der Waals surface area contributed by atoms with Crippen molar-refractivity contribution in [1.29, 1.82) is 0 Å². The van der Waals surface area contributed by atoms with Gasteiger partial charge in [0.25, 0.3) is 0 Å². The number of nitrogens with zero attached hydrogens (tertiary/aromatic N) is 1. The van der Waals surface area contributed by atoms with Gasteiger partial charge in [-0.15, -0.1) is 0 Å². The zero-order valence-electron chi connectivity index (χ0n) is 13.6. The Morgan fingerprint density at radius 3 is 2.57 bits per heavy atom. The van der Waals surface area contributed by atoms with Crippen molar-refractivity contribution >= 4 is 16.0 Å². The van der Waals surface area contributed by atoms with Gasteiger partial charge in [-0.05, 0) is 18.4 Å². The second-order valence-corrected chi connectivity index (χ2v) is 7.68. The molecule has 0 aromatic heterocycles. The van der Waals surface area contributed by atoms with E-state index >= 15 is 0 Å². The first-order valence-electron chi connectivity index (χ1n) is 8.07. The molecular weight excluding hydrogens is 312 g/mol. The van der Waals surface area contributed by atoms with Gasteiger partial charge in [-0.1, -0.05) is 43.2 Å². The molecule has 0 saturated heterocycles. The van der Waals surface area contributed by atoms with Crippen molar-refractivity contribution in [3.8, 4) is 0 Å².